The molecular formula is C44H37N7O4. The van der Waals surface area contributed by atoms with Crippen molar-refractivity contribution in [2.45, 2.75) is 46.1 Å². The monoisotopic (exact) mass is 727 g/mol. The number of fused-ring (bicyclic) bond motifs is 3. The second-order valence-electron chi connectivity index (χ2n) is 13.9. The van der Waals surface area contributed by atoms with Gasteiger partial charge in [-0.25, -0.2) is 0 Å². The molecule has 11 heteroatoms. The summed E-state index contributed by atoms with van der Waals surface area (Å²) in [6, 6.07) is 21.2. The average Bonchev–Trinajstić information content (AvgIpc) is 3.62. The fourth-order valence-corrected chi connectivity index (χ4v) is 7.37. The Labute approximate surface area is 316 Å². The average molecular weight is 728 g/mol. The first-order valence-corrected chi connectivity index (χ1v) is 18.2. The summed E-state index contributed by atoms with van der Waals surface area (Å²) in [4.78, 5) is 59.1. The van der Waals surface area contributed by atoms with Crippen molar-refractivity contribution in [2.75, 3.05) is 6.54 Å². The van der Waals surface area contributed by atoms with Gasteiger partial charge in [0.2, 0.25) is 5.91 Å². The van der Waals surface area contributed by atoms with Crippen molar-refractivity contribution >= 4 is 50.3 Å². The fourth-order valence-electron chi connectivity index (χ4n) is 7.37. The van der Waals surface area contributed by atoms with Gasteiger partial charge in [0, 0.05) is 58.7 Å². The van der Waals surface area contributed by atoms with Crippen LogP contribution in [0.2, 0.25) is 0 Å². The van der Waals surface area contributed by atoms with E-state index < -0.39 is 6.04 Å². The number of hydrogen-bond donors (Lipinski definition) is 2. The molecule has 11 nitrogen and oxygen atoms in total. The number of carbonyl (C=O) groups is 3. The predicted molar refractivity (Wildman–Crippen MR) is 212 cm³/mol. The maximum Gasteiger partial charge on any atom is 0.270 e. The van der Waals surface area contributed by atoms with E-state index in [0.29, 0.717) is 12.0 Å². The Hall–Kier alpha value is -6.93. The summed E-state index contributed by atoms with van der Waals surface area (Å²) in [5, 5.41) is 13.6. The van der Waals surface area contributed by atoms with E-state index in [1.54, 1.807) is 27.7 Å². The summed E-state index contributed by atoms with van der Waals surface area (Å²) in [5.41, 5.74) is 9.03. The molecule has 0 radical (unpaired) electrons. The predicted octanol–water partition coefficient (Wildman–Crippen LogP) is 6.10. The number of imide groups is 1. The molecule has 0 bridgehead atoms. The largest absolute Gasteiger partial charge is 0.340 e. The topological polar surface area (TPSA) is 141 Å². The molecule has 1 saturated heterocycles. The number of carbonyl (C=O) groups excluding carboxylic acids is 3. The lowest BCUT2D eigenvalue weighted by molar-refractivity contribution is -0.135. The van der Waals surface area contributed by atoms with E-state index in [2.05, 4.69) is 63.7 Å². The van der Waals surface area contributed by atoms with E-state index >= 15 is 0 Å². The maximum atomic E-state index is 13.0. The van der Waals surface area contributed by atoms with Gasteiger partial charge in [-0.3, -0.25) is 39.1 Å². The van der Waals surface area contributed by atoms with Crippen LogP contribution in [0, 0.1) is 25.7 Å². The summed E-state index contributed by atoms with van der Waals surface area (Å²) < 4.78 is 3.38. The number of benzene rings is 3. The van der Waals surface area contributed by atoms with Crippen molar-refractivity contribution in [1.82, 2.24) is 34.9 Å². The Balaban J connectivity index is 0.985. The highest BCUT2D eigenvalue weighted by molar-refractivity contribution is 6.05. The maximum absolute atomic E-state index is 13.0. The Morgan fingerprint density at radius 1 is 0.891 bits per heavy atom. The van der Waals surface area contributed by atoms with Crippen LogP contribution in [0.5, 0.6) is 0 Å². The third-order valence-corrected chi connectivity index (χ3v) is 10.3. The summed E-state index contributed by atoms with van der Waals surface area (Å²) in [6.45, 7) is 6.02. The second kappa shape index (κ2) is 14.1. The number of nitrogens with one attached hydrogen (secondary N) is 2. The van der Waals surface area contributed by atoms with E-state index in [0.717, 1.165) is 78.1 Å². The van der Waals surface area contributed by atoms with Crippen molar-refractivity contribution in [3.8, 4) is 34.2 Å². The number of nitrogens with zero attached hydrogens (tertiary/aromatic N) is 5. The van der Waals surface area contributed by atoms with Crippen molar-refractivity contribution in [3.63, 3.8) is 0 Å². The number of aromatic nitrogens is 5. The highest BCUT2D eigenvalue weighted by Gasteiger charge is 2.30. The van der Waals surface area contributed by atoms with Gasteiger partial charge in [-0.05, 0) is 96.8 Å². The van der Waals surface area contributed by atoms with Crippen LogP contribution in [0.15, 0.2) is 90.1 Å². The Bertz CT molecular complexity index is 2860. The zero-order valence-corrected chi connectivity index (χ0v) is 30.9. The van der Waals surface area contributed by atoms with Gasteiger partial charge in [0.05, 0.1) is 29.5 Å². The molecule has 1 atom stereocenters. The Morgan fingerprint density at radius 2 is 1.75 bits per heavy atom. The van der Waals surface area contributed by atoms with Crippen LogP contribution in [-0.4, -0.2) is 48.6 Å². The summed E-state index contributed by atoms with van der Waals surface area (Å²) >= 11 is 0. The lowest BCUT2D eigenvalue weighted by atomic mass is 9.93. The van der Waals surface area contributed by atoms with Crippen molar-refractivity contribution in [2.24, 2.45) is 7.05 Å². The molecule has 55 heavy (non-hydrogen) atoms. The fraction of sp³-hybridized carbons (Fsp3) is 0.205. The van der Waals surface area contributed by atoms with Gasteiger partial charge in [-0.1, -0.05) is 43.0 Å². The molecule has 5 heterocycles. The lowest BCUT2D eigenvalue weighted by Crippen LogP contribution is -2.42. The summed E-state index contributed by atoms with van der Waals surface area (Å²) in [5.74, 6) is 5.11. The normalized spacial score (nSPS) is 14.2. The van der Waals surface area contributed by atoms with Crippen LogP contribution < -0.4 is 16.2 Å². The molecule has 7 aromatic rings. The highest BCUT2D eigenvalue weighted by Crippen LogP contribution is 2.36. The standard InChI is InChI=1S/C44H37N7O4/c1-5-27-18-32(33-17-26(3)44(55)50(4)39(33)19-27)31-10-6-9-29-21-37(47-23-35(29)31)30-11-12-36(46-22-30)42(53)45-15-7-8-28-16-25(2)34-24-48-51(40(34)20-28)38-13-14-41(52)49-43(38)54/h6,9-12,16-24,38H,5,13-15H2,1-4H3,(H,45,53)(H,49,52,54). The summed E-state index contributed by atoms with van der Waals surface area (Å²) in [6.07, 6.45) is 6.72. The number of piperidine rings is 1. The zero-order chi connectivity index (χ0) is 38.4. The molecule has 0 spiro atoms. The van der Waals surface area contributed by atoms with Crippen LogP contribution in [0.4, 0.5) is 0 Å². The van der Waals surface area contributed by atoms with Gasteiger partial charge in [0.25, 0.3) is 17.4 Å². The molecule has 1 fully saturated rings. The van der Waals surface area contributed by atoms with Crippen LogP contribution in [0.3, 0.4) is 0 Å². The molecule has 1 unspecified atom stereocenters. The number of hydrogen-bond acceptors (Lipinski definition) is 7. The van der Waals surface area contributed by atoms with E-state index in [-0.39, 0.29) is 41.9 Å². The number of pyridine rings is 3. The van der Waals surface area contributed by atoms with Gasteiger partial charge in [0.1, 0.15) is 11.7 Å². The van der Waals surface area contributed by atoms with E-state index in [1.165, 1.54) is 0 Å². The molecule has 3 amide bonds. The molecule has 272 valence electrons. The highest BCUT2D eigenvalue weighted by atomic mass is 16.2. The van der Waals surface area contributed by atoms with Gasteiger partial charge < -0.3 is 9.88 Å². The minimum absolute atomic E-state index is 0.00133. The Kier molecular flexibility index (Phi) is 9.03. The minimum atomic E-state index is -0.570. The summed E-state index contributed by atoms with van der Waals surface area (Å²) in [7, 11) is 1.82. The van der Waals surface area contributed by atoms with Crippen LogP contribution in [-0.2, 0) is 23.1 Å². The van der Waals surface area contributed by atoms with Crippen LogP contribution >= 0.6 is 0 Å². The van der Waals surface area contributed by atoms with Gasteiger partial charge in [0.15, 0.2) is 0 Å². The van der Waals surface area contributed by atoms with Crippen LogP contribution in [0.1, 0.15) is 58.5 Å². The molecule has 1 aliphatic rings. The van der Waals surface area contributed by atoms with Crippen LogP contribution in [0.25, 0.3) is 55.0 Å². The SMILES string of the molecule is CCc1cc(-c2cccc3cc(-c4ccc(C(=O)NCC#Cc5cc(C)c6cnn(C7CCC(=O)NC7=O)c6c5)nc4)ncc23)c2cc(C)c(=O)n(C)c2c1. The molecule has 3 aromatic carbocycles. The molecule has 4 aromatic heterocycles. The van der Waals surface area contributed by atoms with Gasteiger partial charge in [-0.2, -0.15) is 5.10 Å². The smallest absolute Gasteiger partial charge is 0.270 e. The first kappa shape index (κ1) is 35.1. The van der Waals surface area contributed by atoms with E-state index in [9.17, 15) is 19.2 Å². The number of rotatable bonds is 6. The van der Waals surface area contributed by atoms with Gasteiger partial charge in [-0.15, -0.1) is 0 Å². The number of amides is 3. The third-order valence-electron chi connectivity index (χ3n) is 10.3. The molecule has 8 rings (SSSR count). The molecule has 2 N–H and O–H groups in total. The van der Waals surface area contributed by atoms with Crippen molar-refractivity contribution in [1.29, 1.82) is 0 Å². The molecular weight excluding hydrogens is 691 g/mol. The Morgan fingerprint density at radius 3 is 2.53 bits per heavy atom. The second-order valence-corrected chi connectivity index (χ2v) is 13.9. The third kappa shape index (κ3) is 6.52. The minimum Gasteiger partial charge on any atom is -0.340 e. The lowest BCUT2D eigenvalue weighted by Gasteiger charge is -2.21. The first-order valence-electron chi connectivity index (χ1n) is 18.2. The van der Waals surface area contributed by atoms with Crippen molar-refractivity contribution in [3.05, 3.63) is 124 Å². The number of aryl methyl sites for hydroxylation is 4. The first-order chi connectivity index (χ1) is 26.6. The quantitative estimate of drug-likeness (QED) is 0.156. The zero-order valence-electron chi connectivity index (χ0n) is 30.9. The van der Waals surface area contributed by atoms with Gasteiger partial charge >= 0.3 is 0 Å². The van der Waals surface area contributed by atoms with Crippen molar-refractivity contribution < 1.29 is 14.4 Å². The molecule has 0 saturated carbocycles. The van der Waals surface area contributed by atoms with E-state index in [4.69, 9.17) is 4.98 Å². The molecule has 1 aliphatic heterocycles. The molecule has 0 aliphatic carbocycles. The van der Waals surface area contributed by atoms with E-state index in [1.807, 2.05) is 63.5 Å².